The van der Waals surface area contributed by atoms with E-state index in [4.69, 9.17) is 9.15 Å². The van der Waals surface area contributed by atoms with Crippen molar-refractivity contribution in [2.75, 3.05) is 13.1 Å². The Balaban J connectivity index is 1.61. The van der Waals surface area contributed by atoms with Crippen LogP contribution in [0.15, 0.2) is 50.5 Å². The van der Waals surface area contributed by atoms with Gasteiger partial charge in [0, 0.05) is 30.1 Å². The Morgan fingerprint density at radius 1 is 1.03 bits per heavy atom. The molecule has 2 aromatic carbocycles. The number of rotatable bonds is 6. The Hall–Kier alpha value is -2.97. The van der Waals surface area contributed by atoms with E-state index in [-0.39, 0.29) is 23.0 Å². The lowest BCUT2D eigenvalue weighted by Crippen LogP contribution is -2.36. The number of esters is 1. The van der Waals surface area contributed by atoms with Crippen molar-refractivity contribution < 1.29 is 22.4 Å². The highest BCUT2D eigenvalue weighted by Crippen LogP contribution is 2.28. The Bertz CT molecular complexity index is 1430. The molecule has 0 saturated carbocycles. The summed E-state index contributed by atoms with van der Waals surface area (Å²) in [6, 6.07) is 9.70. The number of benzene rings is 2. The summed E-state index contributed by atoms with van der Waals surface area (Å²) in [5.74, 6) is -0.382. The summed E-state index contributed by atoms with van der Waals surface area (Å²) in [4.78, 5) is 25.1. The number of carbonyl (C=O) groups excluding carboxylic acids is 1. The molecule has 35 heavy (non-hydrogen) atoms. The molecule has 0 bridgehead atoms. The molecule has 1 saturated heterocycles. The minimum absolute atomic E-state index is 0.122. The van der Waals surface area contributed by atoms with Crippen LogP contribution in [0.4, 0.5) is 0 Å². The molecular formula is C27H31NO6S. The molecule has 0 N–H and O–H groups in total. The van der Waals surface area contributed by atoms with Gasteiger partial charge in [-0.3, -0.25) is 0 Å². The van der Waals surface area contributed by atoms with Crippen LogP contribution in [0.1, 0.15) is 71.6 Å². The minimum Gasteiger partial charge on any atom is -0.457 e. The monoisotopic (exact) mass is 497 g/mol. The lowest BCUT2D eigenvalue weighted by atomic mass is 9.95. The Kier molecular flexibility index (Phi) is 7.15. The second-order valence-corrected chi connectivity index (χ2v) is 11.4. The topological polar surface area (TPSA) is 93.9 Å². The molecule has 4 rings (SSSR count). The van der Waals surface area contributed by atoms with E-state index in [0.29, 0.717) is 35.2 Å². The van der Waals surface area contributed by atoms with Crippen LogP contribution in [0.5, 0.6) is 0 Å². The molecular weight excluding hydrogens is 466 g/mol. The van der Waals surface area contributed by atoms with E-state index in [2.05, 4.69) is 13.8 Å². The number of fused-ring (bicyclic) bond motifs is 1. The first-order chi connectivity index (χ1) is 16.6. The van der Waals surface area contributed by atoms with Crippen LogP contribution in [0, 0.1) is 13.8 Å². The van der Waals surface area contributed by atoms with Crippen LogP contribution in [0.3, 0.4) is 0 Å². The third-order valence-electron chi connectivity index (χ3n) is 6.55. The van der Waals surface area contributed by atoms with Crippen LogP contribution in [-0.2, 0) is 21.4 Å². The van der Waals surface area contributed by atoms with Crippen LogP contribution in [0.2, 0.25) is 0 Å². The third kappa shape index (κ3) is 5.18. The van der Waals surface area contributed by atoms with Gasteiger partial charge in [-0.05, 0) is 73.6 Å². The molecule has 1 fully saturated rings. The van der Waals surface area contributed by atoms with Gasteiger partial charge in [0.25, 0.3) is 0 Å². The first-order valence-electron chi connectivity index (χ1n) is 11.9. The van der Waals surface area contributed by atoms with Gasteiger partial charge in [0.15, 0.2) is 0 Å². The SMILES string of the molecule is Cc1cc2oc(=O)cc(COC(=O)c3ccc(C)c(S(=O)(=O)N4CCCCC4)c3)c2cc1C(C)C. The van der Waals surface area contributed by atoms with Crippen molar-refractivity contribution in [2.24, 2.45) is 0 Å². The lowest BCUT2D eigenvalue weighted by molar-refractivity contribution is 0.0473. The first-order valence-corrected chi connectivity index (χ1v) is 13.4. The van der Waals surface area contributed by atoms with Crippen molar-refractivity contribution in [3.05, 3.63) is 74.6 Å². The molecule has 1 aliphatic rings. The Labute approximate surface area is 205 Å². The maximum Gasteiger partial charge on any atom is 0.338 e. The lowest BCUT2D eigenvalue weighted by Gasteiger charge is -2.26. The van der Waals surface area contributed by atoms with E-state index < -0.39 is 21.6 Å². The molecule has 0 aliphatic carbocycles. The van der Waals surface area contributed by atoms with Crippen molar-refractivity contribution in [3.8, 4) is 0 Å². The van der Waals surface area contributed by atoms with Crippen LogP contribution in [-0.4, -0.2) is 31.8 Å². The van der Waals surface area contributed by atoms with Crippen LogP contribution < -0.4 is 5.63 Å². The molecule has 8 heteroatoms. The van der Waals surface area contributed by atoms with E-state index in [1.54, 1.807) is 19.1 Å². The van der Waals surface area contributed by atoms with Crippen molar-refractivity contribution >= 4 is 27.0 Å². The molecule has 1 aromatic heterocycles. The van der Waals surface area contributed by atoms with Gasteiger partial charge in [-0.25, -0.2) is 18.0 Å². The second kappa shape index (κ2) is 9.95. The van der Waals surface area contributed by atoms with Crippen molar-refractivity contribution in [1.29, 1.82) is 0 Å². The maximum absolute atomic E-state index is 13.2. The van der Waals surface area contributed by atoms with Gasteiger partial charge in [0.1, 0.15) is 12.2 Å². The van der Waals surface area contributed by atoms with Gasteiger partial charge in [0.2, 0.25) is 10.0 Å². The summed E-state index contributed by atoms with van der Waals surface area (Å²) >= 11 is 0. The summed E-state index contributed by atoms with van der Waals surface area (Å²) in [7, 11) is -3.70. The third-order valence-corrected chi connectivity index (χ3v) is 8.59. The van der Waals surface area contributed by atoms with Crippen molar-refractivity contribution in [3.63, 3.8) is 0 Å². The molecule has 0 spiro atoms. The number of hydrogen-bond acceptors (Lipinski definition) is 6. The normalized spacial score (nSPS) is 15.0. The van der Waals surface area contributed by atoms with Gasteiger partial charge in [-0.2, -0.15) is 4.31 Å². The van der Waals surface area contributed by atoms with Crippen molar-refractivity contribution in [2.45, 2.75) is 64.4 Å². The molecule has 0 atom stereocenters. The second-order valence-electron chi connectivity index (χ2n) is 9.47. The predicted molar refractivity (Wildman–Crippen MR) is 134 cm³/mol. The fraction of sp³-hybridized carbons (Fsp3) is 0.407. The number of aryl methyl sites for hydroxylation is 2. The number of ether oxygens (including phenoxy) is 1. The van der Waals surface area contributed by atoms with E-state index in [1.165, 1.54) is 16.4 Å². The molecule has 186 valence electrons. The summed E-state index contributed by atoms with van der Waals surface area (Å²) < 4.78 is 38.8. The summed E-state index contributed by atoms with van der Waals surface area (Å²) in [6.07, 6.45) is 2.68. The summed E-state index contributed by atoms with van der Waals surface area (Å²) in [5.41, 5.74) is 3.32. The van der Waals surface area contributed by atoms with Crippen molar-refractivity contribution in [1.82, 2.24) is 4.31 Å². The summed E-state index contributed by atoms with van der Waals surface area (Å²) in [6.45, 7) is 8.68. The zero-order valence-electron chi connectivity index (χ0n) is 20.6. The molecule has 1 aliphatic heterocycles. The van der Waals surface area contributed by atoms with Gasteiger partial charge in [-0.15, -0.1) is 0 Å². The Morgan fingerprint density at radius 3 is 2.43 bits per heavy atom. The van der Waals surface area contributed by atoms with E-state index in [9.17, 15) is 18.0 Å². The maximum atomic E-state index is 13.2. The molecule has 3 aromatic rings. The molecule has 0 amide bonds. The molecule has 0 unspecified atom stereocenters. The van der Waals surface area contributed by atoms with E-state index in [1.807, 2.05) is 19.1 Å². The first kappa shape index (κ1) is 25.1. The smallest absolute Gasteiger partial charge is 0.338 e. The van der Waals surface area contributed by atoms with E-state index in [0.717, 1.165) is 30.4 Å². The van der Waals surface area contributed by atoms with Gasteiger partial charge in [0.05, 0.1) is 10.5 Å². The fourth-order valence-electron chi connectivity index (χ4n) is 4.61. The fourth-order valence-corrected chi connectivity index (χ4v) is 6.38. The standard InChI is InChI=1S/C27H31NO6S/c1-17(2)22-15-23-21(14-26(29)34-24(23)12-19(22)4)16-33-27(30)20-9-8-18(3)25(13-20)35(31,32)28-10-6-5-7-11-28/h8-9,12-15,17H,5-7,10-11,16H2,1-4H3. The average molecular weight is 498 g/mol. The Morgan fingerprint density at radius 2 is 1.74 bits per heavy atom. The highest BCUT2D eigenvalue weighted by Gasteiger charge is 2.28. The number of nitrogens with zero attached hydrogens (tertiary/aromatic N) is 1. The zero-order valence-corrected chi connectivity index (χ0v) is 21.4. The van der Waals surface area contributed by atoms with Gasteiger partial charge in [-0.1, -0.05) is 26.3 Å². The van der Waals surface area contributed by atoms with Crippen LogP contribution in [0.25, 0.3) is 11.0 Å². The number of carbonyl (C=O) groups is 1. The van der Waals surface area contributed by atoms with Gasteiger partial charge >= 0.3 is 11.6 Å². The quantitative estimate of drug-likeness (QED) is 0.349. The van der Waals surface area contributed by atoms with Crippen LogP contribution >= 0.6 is 0 Å². The molecule has 2 heterocycles. The largest absolute Gasteiger partial charge is 0.457 e. The number of piperidine rings is 1. The zero-order chi connectivity index (χ0) is 25.3. The highest BCUT2D eigenvalue weighted by atomic mass is 32.2. The summed E-state index contributed by atoms with van der Waals surface area (Å²) in [5, 5.41) is 0.712. The molecule has 0 radical (unpaired) electrons. The highest BCUT2D eigenvalue weighted by molar-refractivity contribution is 7.89. The minimum atomic E-state index is -3.70. The number of sulfonamides is 1. The molecule has 7 nitrogen and oxygen atoms in total. The average Bonchev–Trinajstić information content (AvgIpc) is 2.82. The van der Waals surface area contributed by atoms with E-state index >= 15 is 0 Å². The van der Waals surface area contributed by atoms with Gasteiger partial charge < -0.3 is 9.15 Å². The predicted octanol–water partition coefficient (Wildman–Crippen LogP) is 5.06. The number of hydrogen-bond donors (Lipinski definition) is 0.